The predicted octanol–water partition coefficient (Wildman–Crippen LogP) is 5.66. The molecule has 0 saturated carbocycles. The van der Waals surface area contributed by atoms with Crippen LogP contribution in [0.3, 0.4) is 0 Å². The molecule has 0 aliphatic rings. The molecule has 0 spiro atoms. The van der Waals surface area contributed by atoms with Crippen molar-refractivity contribution in [3.63, 3.8) is 0 Å². The van der Waals surface area contributed by atoms with Crippen LogP contribution in [-0.2, 0) is 17.8 Å². The molecular weight excluding hydrogens is 438 g/mol. The van der Waals surface area contributed by atoms with Crippen molar-refractivity contribution >= 4 is 11.6 Å². The number of hydrogen-bond acceptors (Lipinski definition) is 5. The number of hydrogen-bond donors (Lipinski definition) is 1. The maximum absolute atomic E-state index is 12.8. The zero-order valence-electron chi connectivity index (χ0n) is 21.1. The molecule has 6 heteroatoms. The second-order valence-corrected chi connectivity index (χ2v) is 9.96. The minimum absolute atomic E-state index is 0.305. The van der Waals surface area contributed by atoms with Gasteiger partial charge >= 0.3 is 0 Å². The van der Waals surface area contributed by atoms with Crippen LogP contribution in [0.5, 0.6) is 0 Å². The predicted molar refractivity (Wildman–Crippen MR) is 136 cm³/mol. The van der Waals surface area contributed by atoms with E-state index in [1.165, 1.54) is 6.92 Å². The van der Waals surface area contributed by atoms with Crippen LogP contribution in [0.2, 0.25) is 0 Å². The minimum atomic E-state index is -0.894. The van der Waals surface area contributed by atoms with Crippen molar-refractivity contribution in [2.24, 2.45) is 5.41 Å². The molecule has 6 nitrogen and oxygen atoms in total. The summed E-state index contributed by atoms with van der Waals surface area (Å²) < 4.78 is 1.83. The van der Waals surface area contributed by atoms with E-state index < -0.39 is 23.1 Å². The molecule has 0 saturated heterocycles. The Labute approximate surface area is 207 Å². The van der Waals surface area contributed by atoms with Gasteiger partial charge in [-0.05, 0) is 34.6 Å². The Hall–Kier alpha value is -3.56. The Bertz CT molecular complexity index is 1260. The zero-order valence-corrected chi connectivity index (χ0v) is 21.1. The fourth-order valence-electron chi connectivity index (χ4n) is 4.05. The number of benzene rings is 2. The quantitative estimate of drug-likeness (QED) is 0.321. The molecule has 1 aromatic heterocycles. The van der Waals surface area contributed by atoms with Crippen molar-refractivity contribution in [2.75, 3.05) is 0 Å². The van der Waals surface area contributed by atoms with E-state index in [0.29, 0.717) is 35.5 Å². The number of ketones is 2. The van der Waals surface area contributed by atoms with Crippen LogP contribution in [-0.4, -0.2) is 26.2 Å². The Morgan fingerprint density at radius 1 is 1.14 bits per heavy atom. The lowest BCUT2D eigenvalue weighted by Crippen LogP contribution is -2.19. The Morgan fingerprint density at radius 2 is 1.83 bits per heavy atom. The second-order valence-electron chi connectivity index (χ2n) is 9.96. The van der Waals surface area contributed by atoms with Crippen LogP contribution in [0.25, 0.3) is 11.1 Å². The highest BCUT2D eigenvalue weighted by molar-refractivity contribution is 6.44. The highest BCUT2D eigenvalue weighted by Gasteiger charge is 2.31. The number of rotatable bonds is 9. The van der Waals surface area contributed by atoms with Gasteiger partial charge in [0.2, 0.25) is 5.78 Å². The molecule has 1 heterocycles. The standard InChI is InChI=1S/C29H33N3O3/c1-6-7-13-25-31-26(28(35)29(3,4)5)24(17-30)32(25)18-20-14-15-22(21-11-9-8-10-12-21)23(16-20)27(34)19(2)33/h8-12,14-16,28,35H,6-7,13,18H2,1-5H3. The summed E-state index contributed by atoms with van der Waals surface area (Å²) in [5.41, 5.74) is 2.88. The number of aromatic nitrogens is 2. The lowest BCUT2D eigenvalue weighted by molar-refractivity contribution is -0.113. The molecule has 35 heavy (non-hydrogen) atoms. The zero-order chi connectivity index (χ0) is 25.8. The molecule has 0 aliphatic carbocycles. The fourth-order valence-corrected chi connectivity index (χ4v) is 4.05. The molecule has 0 fully saturated rings. The summed E-state index contributed by atoms with van der Waals surface area (Å²) in [6.07, 6.45) is 1.64. The van der Waals surface area contributed by atoms with Crippen molar-refractivity contribution in [3.8, 4) is 17.2 Å². The number of aliphatic hydroxyl groups is 1. The molecule has 2 aromatic carbocycles. The fraction of sp³-hybridized carbons (Fsp3) is 0.379. The molecule has 1 atom stereocenters. The van der Waals surface area contributed by atoms with Gasteiger partial charge in [-0.3, -0.25) is 9.59 Å². The molecular formula is C29H33N3O3. The average Bonchev–Trinajstić information content (AvgIpc) is 3.18. The summed E-state index contributed by atoms with van der Waals surface area (Å²) >= 11 is 0. The van der Waals surface area contributed by atoms with E-state index in [2.05, 4.69) is 13.0 Å². The molecule has 0 amide bonds. The lowest BCUT2D eigenvalue weighted by atomic mass is 9.86. The number of nitrogens with zero attached hydrogens (tertiary/aromatic N) is 3. The first-order valence-corrected chi connectivity index (χ1v) is 12.0. The molecule has 0 aliphatic heterocycles. The summed E-state index contributed by atoms with van der Waals surface area (Å²) in [4.78, 5) is 29.5. The maximum atomic E-state index is 12.8. The second kappa shape index (κ2) is 10.8. The van der Waals surface area contributed by atoms with Crippen molar-refractivity contribution < 1.29 is 14.7 Å². The maximum Gasteiger partial charge on any atom is 0.228 e. The summed E-state index contributed by atoms with van der Waals surface area (Å²) in [5, 5.41) is 20.9. The summed E-state index contributed by atoms with van der Waals surface area (Å²) in [6, 6.07) is 17.2. The van der Waals surface area contributed by atoms with E-state index in [1.54, 1.807) is 6.07 Å². The third-order valence-electron chi connectivity index (χ3n) is 6.09. The minimum Gasteiger partial charge on any atom is -0.386 e. The smallest absolute Gasteiger partial charge is 0.228 e. The molecule has 0 bridgehead atoms. The van der Waals surface area contributed by atoms with Crippen molar-refractivity contribution in [1.29, 1.82) is 5.26 Å². The summed E-state index contributed by atoms with van der Waals surface area (Å²) in [5.74, 6) is -0.348. The number of Topliss-reactive ketones (excluding diaryl/α,β-unsaturated/α-hetero) is 2. The van der Waals surface area contributed by atoms with Gasteiger partial charge in [0.1, 0.15) is 29.4 Å². The van der Waals surface area contributed by atoms with Gasteiger partial charge in [0.25, 0.3) is 0 Å². The van der Waals surface area contributed by atoms with Crippen LogP contribution in [0.4, 0.5) is 0 Å². The third kappa shape index (κ3) is 5.75. The first-order chi connectivity index (χ1) is 16.6. The van der Waals surface area contributed by atoms with Gasteiger partial charge in [-0.25, -0.2) is 4.98 Å². The monoisotopic (exact) mass is 471 g/mol. The molecule has 3 rings (SSSR count). The Morgan fingerprint density at radius 3 is 2.40 bits per heavy atom. The molecule has 182 valence electrons. The number of carbonyl (C=O) groups is 2. The molecule has 3 aromatic rings. The van der Waals surface area contributed by atoms with Crippen LogP contribution in [0, 0.1) is 16.7 Å². The highest BCUT2D eigenvalue weighted by Crippen LogP contribution is 2.35. The van der Waals surface area contributed by atoms with Gasteiger partial charge in [0.05, 0.1) is 6.54 Å². The Kier molecular flexibility index (Phi) is 8.03. The van der Waals surface area contributed by atoms with Gasteiger partial charge < -0.3 is 9.67 Å². The largest absolute Gasteiger partial charge is 0.386 e. The van der Waals surface area contributed by atoms with Gasteiger partial charge in [-0.15, -0.1) is 0 Å². The van der Waals surface area contributed by atoms with E-state index in [9.17, 15) is 20.0 Å². The lowest BCUT2D eigenvalue weighted by Gasteiger charge is -2.24. The van der Waals surface area contributed by atoms with Crippen LogP contribution < -0.4 is 0 Å². The molecule has 1 unspecified atom stereocenters. The third-order valence-corrected chi connectivity index (χ3v) is 6.09. The summed E-state index contributed by atoms with van der Waals surface area (Å²) in [7, 11) is 0. The first kappa shape index (κ1) is 26.1. The van der Waals surface area contributed by atoms with Gasteiger partial charge in [-0.2, -0.15) is 5.26 Å². The van der Waals surface area contributed by atoms with Crippen LogP contribution in [0.15, 0.2) is 48.5 Å². The van der Waals surface area contributed by atoms with Gasteiger partial charge in [0, 0.05) is 18.9 Å². The number of nitriles is 1. The number of carbonyl (C=O) groups excluding carboxylic acids is 2. The topological polar surface area (TPSA) is 96.0 Å². The SMILES string of the molecule is CCCCc1nc(C(O)C(C)(C)C)c(C#N)n1Cc1ccc(-c2ccccc2)c(C(=O)C(C)=O)c1. The van der Waals surface area contributed by atoms with E-state index in [-0.39, 0.29) is 0 Å². The van der Waals surface area contributed by atoms with Gasteiger partial charge in [0.15, 0.2) is 5.78 Å². The molecule has 0 radical (unpaired) electrons. The highest BCUT2D eigenvalue weighted by atomic mass is 16.3. The van der Waals surface area contributed by atoms with Crippen LogP contribution in [0.1, 0.15) is 86.7 Å². The van der Waals surface area contributed by atoms with E-state index >= 15 is 0 Å². The first-order valence-electron chi connectivity index (χ1n) is 12.0. The van der Waals surface area contributed by atoms with Gasteiger partial charge in [-0.1, -0.05) is 76.6 Å². The number of unbranched alkanes of at least 4 members (excludes halogenated alkanes) is 1. The van der Waals surface area contributed by atoms with Crippen molar-refractivity contribution in [3.05, 3.63) is 76.9 Å². The number of imidazole rings is 1. The van der Waals surface area contributed by atoms with Crippen molar-refractivity contribution in [1.82, 2.24) is 9.55 Å². The van der Waals surface area contributed by atoms with E-state index in [0.717, 1.165) is 29.8 Å². The van der Waals surface area contributed by atoms with E-state index in [4.69, 9.17) is 4.98 Å². The average molecular weight is 472 g/mol. The van der Waals surface area contributed by atoms with Crippen LogP contribution >= 0.6 is 0 Å². The molecule has 1 N–H and O–H groups in total. The van der Waals surface area contributed by atoms with Crippen molar-refractivity contribution in [2.45, 2.75) is 66.5 Å². The number of aryl methyl sites for hydroxylation is 1. The van der Waals surface area contributed by atoms with E-state index in [1.807, 2.05) is 67.8 Å². The normalized spacial score (nSPS) is 12.3. The summed E-state index contributed by atoms with van der Waals surface area (Å²) in [6.45, 7) is 9.39. The Balaban J connectivity index is 2.13. The number of aliphatic hydroxyl groups excluding tert-OH is 1.